The van der Waals surface area contributed by atoms with Crippen molar-refractivity contribution in [3.05, 3.63) is 70.4 Å². The van der Waals surface area contributed by atoms with E-state index in [0.29, 0.717) is 37.6 Å². The number of hydrogen-bond donors (Lipinski definition) is 1. The minimum absolute atomic E-state index is 0.406. The lowest BCUT2D eigenvalue weighted by atomic mass is 10.0. The molecule has 0 saturated carbocycles. The zero-order valence-corrected chi connectivity index (χ0v) is 23.6. The number of rotatable bonds is 7. The normalized spacial score (nSPS) is 17.1. The van der Waals surface area contributed by atoms with Crippen molar-refractivity contribution in [2.45, 2.75) is 32.5 Å². The number of anilines is 1. The highest BCUT2D eigenvalue weighted by Crippen LogP contribution is 2.31. The molecule has 2 aliphatic rings. The lowest BCUT2D eigenvalue weighted by molar-refractivity contribution is -0.120. The van der Waals surface area contributed by atoms with Crippen molar-refractivity contribution in [3.63, 3.8) is 0 Å². The number of β-amino-alcohol motifs (C(OH)–C–C–N with tert-alkyl or cyclic N) is 1. The van der Waals surface area contributed by atoms with Crippen LogP contribution in [0.4, 0.5) is 10.5 Å². The monoisotopic (exact) mass is 552 g/mol. The lowest BCUT2D eigenvalue weighted by Gasteiger charge is -2.37. The summed E-state index contributed by atoms with van der Waals surface area (Å²) in [6, 6.07) is 16.1. The predicted molar refractivity (Wildman–Crippen MR) is 153 cm³/mol. The second kappa shape index (κ2) is 12.0. The van der Waals surface area contributed by atoms with Gasteiger partial charge in [-0.25, -0.2) is 4.79 Å². The number of nitrogens with zero attached hydrogens (tertiary/aromatic N) is 6. The average molecular weight is 553 g/mol. The van der Waals surface area contributed by atoms with Crippen LogP contribution in [-0.2, 0) is 24.3 Å². The molecule has 1 saturated heterocycles. The molecule has 1 N–H and O–H groups in total. The minimum Gasteiger partial charge on any atom is -0.390 e. The van der Waals surface area contributed by atoms with E-state index in [0.717, 1.165) is 48.7 Å². The van der Waals surface area contributed by atoms with Gasteiger partial charge in [-0.05, 0) is 30.7 Å². The van der Waals surface area contributed by atoms with Crippen molar-refractivity contribution in [1.29, 1.82) is 0 Å². The maximum atomic E-state index is 12.2. The first-order valence-corrected chi connectivity index (χ1v) is 13.9. The number of fused-ring (bicyclic) bond motifs is 1. The van der Waals surface area contributed by atoms with Crippen LogP contribution in [0.3, 0.4) is 0 Å². The summed E-state index contributed by atoms with van der Waals surface area (Å²) in [6.07, 6.45) is -0.295. The maximum Gasteiger partial charge on any atom is 0.428 e. The molecule has 0 bridgehead atoms. The molecule has 208 valence electrons. The molecule has 1 unspecified atom stereocenters. The van der Waals surface area contributed by atoms with Gasteiger partial charge in [0.15, 0.2) is 0 Å². The Kier molecular flexibility index (Phi) is 8.42. The Morgan fingerprint density at radius 2 is 1.77 bits per heavy atom. The zero-order valence-electron chi connectivity index (χ0n) is 22.9. The van der Waals surface area contributed by atoms with Gasteiger partial charge in [0.1, 0.15) is 0 Å². The molecule has 10 heteroatoms. The number of aliphatic hydroxyl groups excluding tert-OH is 1. The molecular formula is C29H37ClN6O3. The predicted octanol–water partition coefficient (Wildman–Crippen LogP) is 3.67. The van der Waals surface area contributed by atoms with Gasteiger partial charge in [0.2, 0.25) is 0 Å². The van der Waals surface area contributed by atoms with Crippen molar-refractivity contribution >= 4 is 23.4 Å². The number of carbonyl (C=O) groups excluding carboxylic acids is 1. The van der Waals surface area contributed by atoms with E-state index in [1.807, 2.05) is 28.9 Å². The molecule has 1 amide bonds. The summed E-state index contributed by atoms with van der Waals surface area (Å²) >= 11 is 6.13. The van der Waals surface area contributed by atoms with Gasteiger partial charge in [0, 0.05) is 87.3 Å². The third kappa shape index (κ3) is 6.38. The van der Waals surface area contributed by atoms with E-state index in [9.17, 15) is 9.90 Å². The van der Waals surface area contributed by atoms with Crippen molar-refractivity contribution < 1.29 is 14.7 Å². The van der Waals surface area contributed by atoms with Crippen molar-refractivity contribution in [2.24, 2.45) is 0 Å². The fourth-order valence-corrected chi connectivity index (χ4v) is 5.50. The molecule has 0 aliphatic carbocycles. The molecule has 1 aromatic heterocycles. The molecule has 3 aromatic rings. The summed E-state index contributed by atoms with van der Waals surface area (Å²) in [5.74, 6) is 0. The largest absolute Gasteiger partial charge is 0.428 e. The highest BCUT2D eigenvalue weighted by molar-refractivity contribution is 6.30. The lowest BCUT2D eigenvalue weighted by Crippen LogP contribution is -2.49. The quantitative estimate of drug-likeness (QED) is 0.479. The minimum atomic E-state index is -0.554. The number of aromatic nitrogens is 2. The molecule has 3 heterocycles. The number of aryl methyl sites for hydroxylation is 1. The average Bonchev–Trinajstić information content (AvgIpc) is 3.27. The van der Waals surface area contributed by atoms with Crippen LogP contribution in [0.15, 0.2) is 48.5 Å². The molecule has 9 nitrogen and oxygen atoms in total. The molecule has 1 fully saturated rings. The third-order valence-electron chi connectivity index (χ3n) is 7.47. The van der Waals surface area contributed by atoms with Gasteiger partial charge in [-0.15, -0.1) is 5.06 Å². The first-order chi connectivity index (χ1) is 18.8. The van der Waals surface area contributed by atoms with Gasteiger partial charge in [0.05, 0.1) is 24.9 Å². The molecular weight excluding hydrogens is 516 g/mol. The Morgan fingerprint density at radius 1 is 1.05 bits per heavy atom. The molecule has 2 aromatic carbocycles. The van der Waals surface area contributed by atoms with Crippen molar-refractivity contribution in [1.82, 2.24) is 24.6 Å². The zero-order chi connectivity index (χ0) is 27.5. The van der Waals surface area contributed by atoms with Crippen LogP contribution >= 0.6 is 11.6 Å². The van der Waals surface area contributed by atoms with Crippen LogP contribution in [0, 0.1) is 6.92 Å². The SMILES string of the molecule is Cc1ccccc1N1CCN(CC(O)Cn2nc(-c3ccc(Cl)cc3)c3c2CCN(OC(=O)N(C)C)C3)CC1. The first-order valence-electron chi connectivity index (χ1n) is 13.5. The first kappa shape index (κ1) is 27.5. The van der Waals surface area contributed by atoms with E-state index in [2.05, 4.69) is 41.0 Å². The van der Waals surface area contributed by atoms with E-state index in [4.69, 9.17) is 21.5 Å². The summed E-state index contributed by atoms with van der Waals surface area (Å²) in [7, 11) is 3.33. The van der Waals surface area contributed by atoms with Crippen molar-refractivity contribution in [2.75, 3.05) is 58.3 Å². The number of aliphatic hydroxyl groups is 1. The van der Waals surface area contributed by atoms with Crippen LogP contribution in [-0.4, -0.2) is 95.3 Å². The van der Waals surface area contributed by atoms with Crippen molar-refractivity contribution in [3.8, 4) is 11.3 Å². The van der Waals surface area contributed by atoms with Gasteiger partial charge < -0.3 is 19.7 Å². The maximum absolute atomic E-state index is 12.2. The van der Waals surface area contributed by atoms with Crippen LogP contribution in [0.2, 0.25) is 5.02 Å². The van der Waals surface area contributed by atoms with E-state index in [1.54, 1.807) is 19.2 Å². The van der Waals surface area contributed by atoms with Gasteiger partial charge in [-0.2, -0.15) is 5.10 Å². The molecule has 1 atom stereocenters. The standard InChI is InChI=1S/C29H37ClN6O3/c1-21-6-4-5-7-26(21)34-16-14-33(15-17-34)18-24(37)19-36-27-12-13-35(39-29(38)32(2)3)20-25(27)28(31-36)22-8-10-23(30)11-9-22/h4-11,24,37H,12-20H2,1-3H3. The van der Waals surface area contributed by atoms with E-state index >= 15 is 0 Å². The Morgan fingerprint density at radius 3 is 2.46 bits per heavy atom. The number of para-hydroxylation sites is 1. The Balaban J connectivity index is 1.27. The summed E-state index contributed by atoms with van der Waals surface area (Å²) in [4.78, 5) is 23.9. The van der Waals surface area contributed by atoms with Crippen LogP contribution < -0.4 is 4.90 Å². The third-order valence-corrected chi connectivity index (χ3v) is 7.72. The van der Waals surface area contributed by atoms with Gasteiger partial charge in [-0.1, -0.05) is 41.9 Å². The Bertz CT molecular complexity index is 1290. The fraction of sp³-hybridized carbons (Fsp3) is 0.448. The summed E-state index contributed by atoms with van der Waals surface area (Å²) in [6.45, 7) is 7.85. The molecule has 5 rings (SSSR count). The Hall–Kier alpha value is -3.11. The molecule has 2 aliphatic heterocycles. The summed E-state index contributed by atoms with van der Waals surface area (Å²) < 4.78 is 1.94. The molecule has 0 radical (unpaired) electrons. The van der Waals surface area contributed by atoms with Crippen LogP contribution in [0.25, 0.3) is 11.3 Å². The highest BCUT2D eigenvalue weighted by atomic mass is 35.5. The smallest absolute Gasteiger partial charge is 0.390 e. The highest BCUT2D eigenvalue weighted by Gasteiger charge is 2.29. The molecule has 39 heavy (non-hydrogen) atoms. The number of hydroxylamine groups is 2. The topological polar surface area (TPSA) is 77.3 Å². The van der Waals surface area contributed by atoms with E-state index < -0.39 is 12.2 Å². The van der Waals surface area contributed by atoms with Gasteiger partial charge in [-0.3, -0.25) is 9.58 Å². The Labute approximate surface area is 235 Å². The number of benzene rings is 2. The van der Waals surface area contributed by atoms with Gasteiger partial charge >= 0.3 is 6.09 Å². The number of halogens is 1. The summed E-state index contributed by atoms with van der Waals surface area (Å²) in [5, 5.41) is 18.4. The number of carbonyl (C=O) groups is 1. The number of hydrogen-bond acceptors (Lipinski definition) is 7. The number of amides is 1. The second-order valence-electron chi connectivity index (χ2n) is 10.6. The van der Waals surface area contributed by atoms with Gasteiger partial charge in [0.25, 0.3) is 0 Å². The van der Waals surface area contributed by atoms with Crippen LogP contribution in [0.5, 0.6) is 0 Å². The summed E-state index contributed by atoms with van der Waals surface area (Å²) in [5.41, 5.74) is 6.43. The van der Waals surface area contributed by atoms with E-state index in [1.165, 1.54) is 16.2 Å². The van der Waals surface area contributed by atoms with E-state index in [-0.39, 0.29) is 0 Å². The molecule has 0 spiro atoms. The second-order valence-corrected chi connectivity index (χ2v) is 11.0. The van der Waals surface area contributed by atoms with Crippen LogP contribution in [0.1, 0.15) is 16.8 Å². The fourth-order valence-electron chi connectivity index (χ4n) is 5.37. The number of piperazine rings is 1.